The van der Waals surface area contributed by atoms with Crippen molar-refractivity contribution in [2.75, 3.05) is 40.3 Å². The van der Waals surface area contributed by atoms with Crippen molar-refractivity contribution in [3.05, 3.63) is 29.8 Å². The van der Waals surface area contributed by atoms with Crippen molar-refractivity contribution < 1.29 is 4.74 Å². The fraction of sp³-hybridized carbons (Fsp3) is 0.647. The second-order valence-electron chi connectivity index (χ2n) is 5.91. The van der Waals surface area contributed by atoms with E-state index in [2.05, 4.69) is 35.9 Å². The average Bonchev–Trinajstić information content (AvgIpc) is 2.70. The van der Waals surface area contributed by atoms with Gasteiger partial charge in [0.05, 0.1) is 13.2 Å². The van der Waals surface area contributed by atoms with Gasteiger partial charge in [-0.3, -0.25) is 4.90 Å². The molecule has 0 aromatic heterocycles. The monoisotopic (exact) mass is 291 g/mol. The van der Waals surface area contributed by atoms with Crippen LogP contribution in [0.3, 0.4) is 0 Å². The van der Waals surface area contributed by atoms with E-state index in [9.17, 15) is 0 Å². The highest BCUT2D eigenvalue weighted by Crippen LogP contribution is 2.31. The van der Waals surface area contributed by atoms with Crippen molar-refractivity contribution in [3.8, 4) is 5.75 Å². The lowest BCUT2D eigenvalue weighted by Gasteiger charge is -2.37. The van der Waals surface area contributed by atoms with Gasteiger partial charge in [-0.2, -0.15) is 0 Å². The Balaban J connectivity index is 2.29. The average molecular weight is 291 g/mol. The van der Waals surface area contributed by atoms with Gasteiger partial charge in [-0.25, -0.2) is 0 Å². The lowest BCUT2D eigenvalue weighted by atomic mass is 10.0. The molecule has 0 radical (unpaired) electrons. The molecule has 4 heteroatoms. The van der Waals surface area contributed by atoms with Crippen molar-refractivity contribution in [1.82, 2.24) is 9.80 Å². The van der Waals surface area contributed by atoms with Crippen LogP contribution in [0.5, 0.6) is 5.75 Å². The third-order valence-electron chi connectivity index (χ3n) is 4.54. The molecule has 1 aliphatic heterocycles. The first-order valence-electron chi connectivity index (χ1n) is 7.98. The van der Waals surface area contributed by atoms with Crippen LogP contribution in [0.1, 0.15) is 31.4 Å². The lowest BCUT2D eigenvalue weighted by molar-refractivity contribution is 0.129. The Bertz CT molecular complexity index is 438. The molecular weight excluding hydrogens is 262 g/mol. The summed E-state index contributed by atoms with van der Waals surface area (Å²) < 4.78 is 5.55. The molecule has 1 fully saturated rings. The minimum Gasteiger partial charge on any atom is -0.496 e. The highest BCUT2D eigenvalue weighted by Gasteiger charge is 2.29. The van der Waals surface area contributed by atoms with Gasteiger partial charge in [-0.15, -0.1) is 0 Å². The van der Waals surface area contributed by atoms with Gasteiger partial charge in [0.25, 0.3) is 0 Å². The number of hydrogen-bond donors (Lipinski definition) is 1. The van der Waals surface area contributed by atoms with Crippen LogP contribution in [-0.4, -0.2) is 56.2 Å². The van der Waals surface area contributed by atoms with Crippen LogP contribution in [0.15, 0.2) is 24.3 Å². The van der Waals surface area contributed by atoms with Gasteiger partial charge in [-0.1, -0.05) is 25.1 Å². The van der Waals surface area contributed by atoms with Crippen LogP contribution in [0.4, 0.5) is 0 Å². The SMILES string of the molecule is CCC1CN(C)CCCN1C(CN)c1ccccc1OC. The number of benzene rings is 1. The van der Waals surface area contributed by atoms with Crippen LogP contribution in [-0.2, 0) is 0 Å². The summed E-state index contributed by atoms with van der Waals surface area (Å²) in [4.78, 5) is 5.02. The van der Waals surface area contributed by atoms with Crippen molar-refractivity contribution in [2.24, 2.45) is 5.73 Å². The maximum Gasteiger partial charge on any atom is 0.123 e. The summed E-state index contributed by atoms with van der Waals surface area (Å²) >= 11 is 0. The topological polar surface area (TPSA) is 41.7 Å². The van der Waals surface area contributed by atoms with E-state index in [4.69, 9.17) is 10.5 Å². The van der Waals surface area contributed by atoms with Gasteiger partial charge >= 0.3 is 0 Å². The largest absolute Gasteiger partial charge is 0.496 e. The highest BCUT2D eigenvalue weighted by molar-refractivity contribution is 5.36. The van der Waals surface area contributed by atoms with Crippen LogP contribution >= 0.6 is 0 Å². The molecule has 2 atom stereocenters. The molecule has 1 saturated heterocycles. The van der Waals surface area contributed by atoms with Gasteiger partial charge in [-0.05, 0) is 32.5 Å². The van der Waals surface area contributed by atoms with Crippen LogP contribution in [0.2, 0.25) is 0 Å². The summed E-state index contributed by atoms with van der Waals surface area (Å²) in [6.07, 6.45) is 2.34. The Morgan fingerprint density at radius 3 is 2.76 bits per heavy atom. The first-order chi connectivity index (χ1) is 10.2. The standard InChI is InChI=1S/C17H29N3O/c1-4-14-13-19(2)10-7-11-20(14)16(12-18)15-8-5-6-9-17(15)21-3/h5-6,8-9,14,16H,4,7,10-13,18H2,1-3H3. The second kappa shape index (κ2) is 7.78. The van der Waals surface area contributed by atoms with Crippen molar-refractivity contribution in [3.63, 3.8) is 0 Å². The van der Waals surface area contributed by atoms with Gasteiger partial charge in [0.2, 0.25) is 0 Å². The van der Waals surface area contributed by atoms with Crippen molar-refractivity contribution >= 4 is 0 Å². The Hall–Kier alpha value is -1.10. The minimum absolute atomic E-state index is 0.234. The first-order valence-corrected chi connectivity index (χ1v) is 7.98. The number of likely N-dealkylation sites (N-methyl/N-ethyl adjacent to an activating group) is 1. The van der Waals surface area contributed by atoms with Gasteiger partial charge in [0.15, 0.2) is 0 Å². The number of ether oxygens (including phenoxy) is 1. The summed E-state index contributed by atoms with van der Waals surface area (Å²) in [5, 5.41) is 0. The Morgan fingerprint density at radius 2 is 2.10 bits per heavy atom. The first kappa shape index (κ1) is 16.3. The normalized spacial score (nSPS) is 22.8. The molecule has 1 aliphatic rings. The molecule has 1 aromatic rings. The highest BCUT2D eigenvalue weighted by atomic mass is 16.5. The number of nitrogens with zero attached hydrogens (tertiary/aromatic N) is 2. The Labute approximate surface area is 128 Å². The zero-order valence-corrected chi connectivity index (χ0v) is 13.6. The predicted octanol–water partition coefficient (Wildman–Crippen LogP) is 2.11. The molecule has 0 aliphatic carbocycles. The minimum atomic E-state index is 0.234. The van der Waals surface area contributed by atoms with E-state index < -0.39 is 0 Å². The van der Waals surface area contributed by atoms with Gasteiger partial charge in [0, 0.05) is 31.2 Å². The number of methoxy groups -OCH3 is 1. The molecule has 1 heterocycles. The van der Waals surface area contributed by atoms with Crippen LogP contribution in [0, 0.1) is 0 Å². The third kappa shape index (κ3) is 3.76. The van der Waals surface area contributed by atoms with E-state index in [0.717, 1.165) is 31.8 Å². The number of hydrogen-bond acceptors (Lipinski definition) is 4. The third-order valence-corrected chi connectivity index (χ3v) is 4.54. The Morgan fingerprint density at radius 1 is 1.33 bits per heavy atom. The molecule has 2 rings (SSSR count). The van der Waals surface area contributed by atoms with E-state index in [1.54, 1.807) is 7.11 Å². The van der Waals surface area contributed by atoms with Crippen LogP contribution < -0.4 is 10.5 Å². The smallest absolute Gasteiger partial charge is 0.123 e. The lowest BCUT2D eigenvalue weighted by Crippen LogP contribution is -2.44. The molecule has 1 aromatic carbocycles. The van der Waals surface area contributed by atoms with Crippen molar-refractivity contribution in [2.45, 2.75) is 31.8 Å². The van der Waals surface area contributed by atoms with Crippen LogP contribution in [0.25, 0.3) is 0 Å². The molecular formula is C17H29N3O. The molecule has 0 spiro atoms. The molecule has 118 valence electrons. The summed E-state index contributed by atoms with van der Waals surface area (Å²) in [6, 6.07) is 9.06. The summed E-state index contributed by atoms with van der Waals surface area (Å²) in [7, 11) is 3.95. The summed E-state index contributed by atoms with van der Waals surface area (Å²) in [6.45, 7) is 6.27. The molecule has 0 bridgehead atoms. The number of nitrogens with two attached hydrogens (primary N) is 1. The number of rotatable bonds is 5. The molecule has 0 amide bonds. The van der Waals surface area contributed by atoms with E-state index in [1.807, 2.05) is 12.1 Å². The molecule has 0 saturated carbocycles. The summed E-state index contributed by atoms with van der Waals surface area (Å²) in [5.41, 5.74) is 7.36. The maximum atomic E-state index is 6.15. The Kier molecular flexibility index (Phi) is 6.03. The zero-order valence-electron chi connectivity index (χ0n) is 13.6. The van der Waals surface area contributed by atoms with E-state index in [1.165, 1.54) is 12.0 Å². The fourth-order valence-corrected chi connectivity index (χ4v) is 3.42. The maximum absolute atomic E-state index is 6.15. The van der Waals surface area contributed by atoms with E-state index in [-0.39, 0.29) is 6.04 Å². The molecule has 4 nitrogen and oxygen atoms in total. The fourth-order valence-electron chi connectivity index (χ4n) is 3.42. The second-order valence-corrected chi connectivity index (χ2v) is 5.91. The molecule has 2 N–H and O–H groups in total. The van der Waals surface area contributed by atoms with E-state index >= 15 is 0 Å². The number of para-hydroxylation sites is 1. The quantitative estimate of drug-likeness (QED) is 0.902. The predicted molar refractivity (Wildman–Crippen MR) is 87.7 cm³/mol. The van der Waals surface area contributed by atoms with Crippen molar-refractivity contribution in [1.29, 1.82) is 0 Å². The summed E-state index contributed by atoms with van der Waals surface area (Å²) in [5.74, 6) is 0.945. The van der Waals surface area contributed by atoms with E-state index in [0.29, 0.717) is 12.6 Å². The molecule has 2 unspecified atom stereocenters. The van der Waals surface area contributed by atoms with Gasteiger partial charge in [0.1, 0.15) is 5.75 Å². The van der Waals surface area contributed by atoms with Gasteiger partial charge < -0.3 is 15.4 Å². The zero-order chi connectivity index (χ0) is 15.2. The molecule has 21 heavy (non-hydrogen) atoms.